The smallest absolute Gasteiger partial charge is 0.329 e. The predicted molar refractivity (Wildman–Crippen MR) is 74.9 cm³/mol. The Balaban J connectivity index is 2.94. The van der Waals surface area contributed by atoms with Gasteiger partial charge in [-0.25, -0.2) is 4.79 Å². The SMILES string of the molecule is CCCC(C)(NC(=O)c1ccc(Cl)c(Cl)c1)C(=O)O. The molecule has 0 aromatic heterocycles. The standard InChI is InChI=1S/C13H15Cl2NO3/c1-3-6-13(2,12(18)19)16-11(17)8-4-5-9(14)10(15)7-8/h4-5,7H,3,6H2,1-2H3,(H,16,17)(H,18,19). The minimum Gasteiger partial charge on any atom is -0.480 e. The van der Waals surface area contributed by atoms with Crippen LogP contribution in [0.3, 0.4) is 0 Å². The van der Waals surface area contributed by atoms with E-state index in [9.17, 15) is 14.7 Å². The van der Waals surface area contributed by atoms with Gasteiger partial charge in [0.25, 0.3) is 5.91 Å². The van der Waals surface area contributed by atoms with Gasteiger partial charge >= 0.3 is 5.97 Å². The summed E-state index contributed by atoms with van der Waals surface area (Å²) in [5, 5.41) is 12.3. The Morgan fingerprint density at radius 3 is 2.42 bits per heavy atom. The fourth-order valence-electron chi connectivity index (χ4n) is 1.68. The summed E-state index contributed by atoms with van der Waals surface area (Å²) < 4.78 is 0. The molecule has 1 amide bonds. The van der Waals surface area contributed by atoms with Gasteiger partial charge in [0.05, 0.1) is 10.0 Å². The zero-order valence-electron chi connectivity index (χ0n) is 10.7. The summed E-state index contributed by atoms with van der Waals surface area (Å²) in [4.78, 5) is 23.3. The van der Waals surface area contributed by atoms with Crippen molar-refractivity contribution in [2.45, 2.75) is 32.2 Å². The van der Waals surface area contributed by atoms with E-state index in [1.54, 1.807) is 0 Å². The summed E-state index contributed by atoms with van der Waals surface area (Å²) in [6.45, 7) is 3.33. The second kappa shape index (κ2) is 6.26. The molecule has 0 aliphatic heterocycles. The zero-order chi connectivity index (χ0) is 14.6. The molecule has 19 heavy (non-hydrogen) atoms. The second-order valence-corrected chi connectivity index (χ2v) is 5.28. The van der Waals surface area contributed by atoms with Crippen LogP contribution in [0.4, 0.5) is 0 Å². The number of amides is 1. The molecule has 0 saturated heterocycles. The molecule has 6 heteroatoms. The summed E-state index contributed by atoms with van der Waals surface area (Å²) >= 11 is 11.6. The molecule has 104 valence electrons. The van der Waals surface area contributed by atoms with Crippen LogP contribution in [-0.4, -0.2) is 22.5 Å². The third kappa shape index (κ3) is 3.85. The lowest BCUT2D eigenvalue weighted by Crippen LogP contribution is -2.52. The number of carboxylic acids is 1. The lowest BCUT2D eigenvalue weighted by Gasteiger charge is -2.25. The fraction of sp³-hybridized carbons (Fsp3) is 0.385. The van der Waals surface area contributed by atoms with Crippen LogP contribution >= 0.6 is 23.2 Å². The first-order valence-corrected chi connectivity index (χ1v) is 6.56. The number of carbonyl (C=O) groups is 2. The van der Waals surface area contributed by atoms with Crippen LogP contribution in [-0.2, 0) is 4.79 Å². The topological polar surface area (TPSA) is 66.4 Å². The summed E-state index contributed by atoms with van der Waals surface area (Å²) in [6, 6.07) is 4.40. The van der Waals surface area contributed by atoms with E-state index < -0.39 is 17.4 Å². The molecule has 0 bridgehead atoms. The van der Waals surface area contributed by atoms with E-state index in [0.717, 1.165) is 0 Å². The van der Waals surface area contributed by atoms with Crippen molar-refractivity contribution in [1.82, 2.24) is 5.32 Å². The molecule has 0 aliphatic rings. The highest BCUT2D eigenvalue weighted by Gasteiger charge is 2.34. The van der Waals surface area contributed by atoms with Crippen LogP contribution in [0.15, 0.2) is 18.2 Å². The van der Waals surface area contributed by atoms with E-state index >= 15 is 0 Å². The first kappa shape index (κ1) is 15.8. The maximum absolute atomic E-state index is 12.0. The molecule has 1 unspecified atom stereocenters. The molecular weight excluding hydrogens is 289 g/mol. The van der Waals surface area contributed by atoms with Crippen LogP contribution in [0.5, 0.6) is 0 Å². The number of halogens is 2. The van der Waals surface area contributed by atoms with Gasteiger partial charge in [-0.1, -0.05) is 36.5 Å². The fourth-order valence-corrected chi connectivity index (χ4v) is 1.98. The molecule has 0 aliphatic carbocycles. The Morgan fingerprint density at radius 2 is 1.95 bits per heavy atom. The maximum Gasteiger partial charge on any atom is 0.329 e. The van der Waals surface area contributed by atoms with E-state index in [2.05, 4.69) is 5.32 Å². The van der Waals surface area contributed by atoms with Gasteiger partial charge in [-0.3, -0.25) is 4.79 Å². The first-order valence-electron chi connectivity index (χ1n) is 5.81. The molecule has 0 saturated carbocycles. The average molecular weight is 304 g/mol. The lowest BCUT2D eigenvalue weighted by atomic mass is 9.96. The molecule has 0 fully saturated rings. The van der Waals surface area contributed by atoms with Crippen molar-refractivity contribution >= 4 is 35.1 Å². The molecule has 1 atom stereocenters. The van der Waals surface area contributed by atoms with E-state index in [1.165, 1.54) is 25.1 Å². The monoisotopic (exact) mass is 303 g/mol. The third-order valence-electron chi connectivity index (χ3n) is 2.79. The normalized spacial score (nSPS) is 13.7. The number of benzene rings is 1. The first-order chi connectivity index (χ1) is 8.80. The predicted octanol–water partition coefficient (Wildman–Crippen LogP) is 3.37. The minimum atomic E-state index is -1.29. The molecule has 0 radical (unpaired) electrons. The molecule has 0 spiro atoms. The Kier molecular flexibility index (Phi) is 5.20. The van der Waals surface area contributed by atoms with Gasteiger partial charge < -0.3 is 10.4 Å². The van der Waals surface area contributed by atoms with Crippen molar-refractivity contribution < 1.29 is 14.7 Å². The van der Waals surface area contributed by atoms with Crippen molar-refractivity contribution in [2.24, 2.45) is 0 Å². The quantitative estimate of drug-likeness (QED) is 0.876. The summed E-state index contributed by atoms with van der Waals surface area (Å²) in [6.07, 6.45) is 0.986. The van der Waals surface area contributed by atoms with Crippen molar-refractivity contribution in [2.75, 3.05) is 0 Å². The number of aliphatic carboxylic acids is 1. The number of carbonyl (C=O) groups excluding carboxylic acids is 1. The van der Waals surface area contributed by atoms with Gasteiger partial charge in [0.2, 0.25) is 0 Å². The Hall–Kier alpha value is -1.26. The average Bonchev–Trinajstić information content (AvgIpc) is 2.32. The number of nitrogens with one attached hydrogen (secondary N) is 1. The van der Waals surface area contributed by atoms with E-state index in [1.807, 2.05) is 6.92 Å². The van der Waals surface area contributed by atoms with Crippen LogP contribution in [0.2, 0.25) is 10.0 Å². The number of hydrogen-bond donors (Lipinski definition) is 2. The minimum absolute atomic E-state index is 0.252. The van der Waals surface area contributed by atoms with Gasteiger partial charge in [0.1, 0.15) is 5.54 Å². The van der Waals surface area contributed by atoms with E-state index in [-0.39, 0.29) is 10.6 Å². The van der Waals surface area contributed by atoms with Crippen molar-refractivity contribution in [3.05, 3.63) is 33.8 Å². The van der Waals surface area contributed by atoms with Crippen LogP contribution in [0, 0.1) is 0 Å². The Labute approximate surface area is 121 Å². The molecule has 1 rings (SSSR count). The summed E-state index contributed by atoms with van der Waals surface area (Å²) in [5.74, 6) is -1.56. The van der Waals surface area contributed by atoms with Gasteiger partial charge in [-0.15, -0.1) is 0 Å². The molecular formula is C13H15Cl2NO3. The van der Waals surface area contributed by atoms with Gasteiger partial charge in [0, 0.05) is 5.56 Å². The van der Waals surface area contributed by atoms with Gasteiger partial charge in [-0.2, -0.15) is 0 Å². The number of hydrogen-bond acceptors (Lipinski definition) is 2. The zero-order valence-corrected chi connectivity index (χ0v) is 12.2. The maximum atomic E-state index is 12.0. The number of carboxylic acid groups (broad SMARTS) is 1. The summed E-state index contributed by atoms with van der Waals surface area (Å²) in [7, 11) is 0. The summed E-state index contributed by atoms with van der Waals surface area (Å²) in [5.41, 5.74) is -1.02. The van der Waals surface area contributed by atoms with Crippen molar-refractivity contribution in [3.8, 4) is 0 Å². The van der Waals surface area contributed by atoms with E-state index in [4.69, 9.17) is 23.2 Å². The highest BCUT2D eigenvalue weighted by Crippen LogP contribution is 2.23. The molecule has 1 aromatic rings. The molecule has 2 N–H and O–H groups in total. The molecule has 4 nitrogen and oxygen atoms in total. The van der Waals surface area contributed by atoms with Gasteiger partial charge in [0.15, 0.2) is 0 Å². The van der Waals surface area contributed by atoms with Crippen LogP contribution < -0.4 is 5.32 Å². The van der Waals surface area contributed by atoms with Crippen molar-refractivity contribution in [1.29, 1.82) is 0 Å². The second-order valence-electron chi connectivity index (χ2n) is 4.47. The molecule has 0 heterocycles. The highest BCUT2D eigenvalue weighted by atomic mass is 35.5. The third-order valence-corrected chi connectivity index (χ3v) is 3.53. The van der Waals surface area contributed by atoms with Crippen LogP contribution in [0.25, 0.3) is 0 Å². The lowest BCUT2D eigenvalue weighted by molar-refractivity contribution is -0.144. The Morgan fingerprint density at radius 1 is 1.32 bits per heavy atom. The largest absolute Gasteiger partial charge is 0.480 e. The van der Waals surface area contributed by atoms with E-state index in [0.29, 0.717) is 17.9 Å². The van der Waals surface area contributed by atoms with Crippen LogP contribution in [0.1, 0.15) is 37.0 Å². The number of rotatable bonds is 5. The highest BCUT2D eigenvalue weighted by molar-refractivity contribution is 6.42. The molecule has 1 aromatic carbocycles. The Bertz CT molecular complexity index is 505. The van der Waals surface area contributed by atoms with Crippen molar-refractivity contribution in [3.63, 3.8) is 0 Å². The van der Waals surface area contributed by atoms with Gasteiger partial charge in [-0.05, 0) is 31.5 Å².